The third-order valence-corrected chi connectivity index (χ3v) is 4.37. The minimum absolute atomic E-state index is 0.113. The molecule has 5 nitrogen and oxygen atoms in total. The number of hydrogen-bond acceptors (Lipinski definition) is 3. The zero-order valence-electron chi connectivity index (χ0n) is 14.3. The number of benzene rings is 2. The number of hydrogen-bond donors (Lipinski definition) is 2. The fourth-order valence-electron chi connectivity index (χ4n) is 3.09. The monoisotopic (exact) mass is 338 g/mol. The molecule has 0 saturated carbocycles. The fraction of sp³-hybridized carbons (Fsp3) is 0.300. The number of ether oxygens (including phenoxy) is 1. The van der Waals surface area contributed by atoms with Gasteiger partial charge in [0, 0.05) is 18.7 Å². The van der Waals surface area contributed by atoms with E-state index in [9.17, 15) is 9.59 Å². The molecule has 0 bridgehead atoms. The number of rotatable bonds is 6. The number of para-hydroxylation sites is 1. The van der Waals surface area contributed by atoms with Gasteiger partial charge in [0.15, 0.2) is 0 Å². The summed E-state index contributed by atoms with van der Waals surface area (Å²) in [7, 11) is 1.52. The van der Waals surface area contributed by atoms with Crippen LogP contribution in [0, 0.1) is 0 Å². The van der Waals surface area contributed by atoms with E-state index in [1.165, 1.54) is 24.7 Å². The Hall–Kier alpha value is -2.82. The molecule has 0 unspecified atom stereocenters. The van der Waals surface area contributed by atoms with Crippen LogP contribution in [0.3, 0.4) is 0 Å². The van der Waals surface area contributed by atoms with Gasteiger partial charge in [-0.25, -0.2) is 0 Å². The standard InChI is InChI=1S/C20H22N2O3/c1-25-18-8-3-2-7-17(18)20(24)21-12-11-19(23)22-16-10-9-14-5-4-6-15(14)13-16/h2-3,7-10,13H,4-6,11-12H2,1H3,(H,21,24)(H,22,23). The van der Waals surface area contributed by atoms with Crippen LogP contribution in [0.1, 0.15) is 34.3 Å². The number of aryl methyl sites for hydroxylation is 2. The average molecular weight is 338 g/mol. The molecule has 0 heterocycles. The topological polar surface area (TPSA) is 67.4 Å². The zero-order valence-corrected chi connectivity index (χ0v) is 14.3. The van der Waals surface area contributed by atoms with E-state index in [0.29, 0.717) is 11.3 Å². The SMILES string of the molecule is COc1ccccc1C(=O)NCCC(=O)Nc1ccc2c(c1)CCC2. The molecule has 2 aromatic rings. The second-order valence-corrected chi connectivity index (χ2v) is 6.09. The van der Waals surface area contributed by atoms with Gasteiger partial charge in [-0.15, -0.1) is 0 Å². The van der Waals surface area contributed by atoms with Crippen molar-refractivity contribution in [1.29, 1.82) is 0 Å². The van der Waals surface area contributed by atoms with Gasteiger partial charge >= 0.3 is 0 Å². The highest BCUT2D eigenvalue weighted by atomic mass is 16.5. The van der Waals surface area contributed by atoms with Gasteiger partial charge in [-0.1, -0.05) is 18.2 Å². The van der Waals surface area contributed by atoms with Crippen molar-refractivity contribution in [3.8, 4) is 5.75 Å². The lowest BCUT2D eigenvalue weighted by molar-refractivity contribution is -0.116. The largest absolute Gasteiger partial charge is 0.496 e. The quantitative estimate of drug-likeness (QED) is 0.851. The summed E-state index contributed by atoms with van der Waals surface area (Å²) in [6, 6.07) is 13.1. The Balaban J connectivity index is 1.48. The summed E-state index contributed by atoms with van der Waals surface area (Å²) in [5.74, 6) is 0.156. The molecule has 0 aromatic heterocycles. The summed E-state index contributed by atoms with van der Waals surface area (Å²) in [5.41, 5.74) is 3.98. The van der Waals surface area contributed by atoms with Crippen molar-refractivity contribution in [2.45, 2.75) is 25.7 Å². The Kier molecular flexibility index (Phi) is 5.33. The van der Waals surface area contributed by atoms with E-state index in [0.717, 1.165) is 18.5 Å². The first-order chi connectivity index (χ1) is 12.2. The lowest BCUT2D eigenvalue weighted by Crippen LogP contribution is -2.28. The molecule has 1 aliphatic carbocycles. The average Bonchev–Trinajstić information content (AvgIpc) is 3.09. The molecule has 2 amide bonds. The predicted molar refractivity (Wildman–Crippen MR) is 97.0 cm³/mol. The molecule has 0 radical (unpaired) electrons. The molecule has 0 aliphatic heterocycles. The van der Waals surface area contributed by atoms with Crippen molar-refractivity contribution in [2.75, 3.05) is 19.0 Å². The van der Waals surface area contributed by atoms with Crippen molar-refractivity contribution in [3.63, 3.8) is 0 Å². The molecule has 0 saturated heterocycles. The van der Waals surface area contributed by atoms with Gasteiger partial charge in [0.1, 0.15) is 5.75 Å². The van der Waals surface area contributed by atoms with Gasteiger partial charge in [-0.3, -0.25) is 9.59 Å². The smallest absolute Gasteiger partial charge is 0.255 e. The molecule has 130 valence electrons. The number of amides is 2. The van der Waals surface area contributed by atoms with Gasteiger partial charge < -0.3 is 15.4 Å². The van der Waals surface area contributed by atoms with Crippen LogP contribution in [-0.2, 0) is 17.6 Å². The van der Waals surface area contributed by atoms with Crippen molar-refractivity contribution in [2.24, 2.45) is 0 Å². The summed E-state index contributed by atoms with van der Waals surface area (Å²) in [4.78, 5) is 24.2. The summed E-state index contributed by atoms with van der Waals surface area (Å²) < 4.78 is 5.17. The van der Waals surface area contributed by atoms with E-state index in [4.69, 9.17) is 4.74 Å². The molecule has 1 aliphatic rings. The maximum Gasteiger partial charge on any atom is 0.255 e. The van der Waals surface area contributed by atoms with E-state index in [2.05, 4.69) is 16.7 Å². The summed E-state index contributed by atoms with van der Waals surface area (Å²) in [6.07, 6.45) is 3.60. The predicted octanol–water partition coefficient (Wildman–Crippen LogP) is 2.94. The molecule has 3 rings (SSSR count). The first-order valence-electron chi connectivity index (χ1n) is 8.50. The van der Waals surface area contributed by atoms with Crippen LogP contribution in [0.15, 0.2) is 42.5 Å². The van der Waals surface area contributed by atoms with E-state index < -0.39 is 0 Å². The number of anilines is 1. The second-order valence-electron chi connectivity index (χ2n) is 6.09. The zero-order chi connectivity index (χ0) is 17.6. The lowest BCUT2D eigenvalue weighted by atomic mass is 10.1. The van der Waals surface area contributed by atoms with Gasteiger partial charge in [0.05, 0.1) is 12.7 Å². The number of methoxy groups -OCH3 is 1. The maximum atomic E-state index is 12.2. The summed E-state index contributed by atoms with van der Waals surface area (Å²) >= 11 is 0. The van der Waals surface area contributed by atoms with Gasteiger partial charge in [-0.2, -0.15) is 0 Å². The number of carbonyl (C=O) groups excluding carboxylic acids is 2. The van der Waals surface area contributed by atoms with Gasteiger partial charge in [0.25, 0.3) is 5.91 Å². The molecule has 0 spiro atoms. The van der Waals surface area contributed by atoms with Crippen LogP contribution < -0.4 is 15.4 Å². The van der Waals surface area contributed by atoms with Gasteiger partial charge in [-0.05, 0) is 54.7 Å². The van der Waals surface area contributed by atoms with Crippen LogP contribution in [0.4, 0.5) is 5.69 Å². The normalized spacial score (nSPS) is 12.4. The van der Waals surface area contributed by atoms with E-state index in [1.807, 2.05) is 12.1 Å². The van der Waals surface area contributed by atoms with Crippen molar-refractivity contribution < 1.29 is 14.3 Å². The molecule has 0 fully saturated rings. The number of nitrogens with one attached hydrogen (secondary N) is 2. The molecule has 2 N–H and O–H groups in total. The summed E-state index contributed by atoms with van der Waals surface area (Å²) in [6.45, 7) is 0.271. The van der Waals surface area contributed by atoms with Crippen LogP contribution in [0.5, 0.6) is 5.75 Å². The highest BCUT2D eigenvalue weighted by Gasteiger charge is 2.13. The van der Waals surface area contributed by atoms with Crippen LogP contribution in [-0.4, -0.2) is 25.5 Å². The molecule has 25 heavy (non-hydrogen) atoms. The van der Waals surface area contributed by atoms with Crippen molar-refractivity contribution >= 4 is 17.5 Å². The van der Waals surface area contributed by atoms with Crippen molar-refractivity contribution in [3.05, 3.63) is 59.2 Å². The molecular formula is C20H22N2O3. The van der Waals surface area contributed by atoms with E-state index >= 15 is 0 Å². The molecule has 5 heteroatoms. The molecule has 0 atom stereocenters. The first-order valence-corrected chi connectivity index (χ1v) is 8.50. The second kappa shape index (κ2) is 7.83. The Morgan fingerprint density at radius 3 is 2.72 bits per heavy atom. The highest BCUT2D eigenvalue weighted by Crippen LogP contribution is 2.24. The lowest BCUT2D eigenvalue weighted by Gasteiger charge is -2.10. The molecule has 2 aromatic carbocycles. The Bertz CT molecular complexity index is 786. The van der Waals surface area contributed by atoms with E-state index in [-0.39, 0.29) is 24.8 Å². The Morgan fingerprint density at radius 1 is 1.08 bits per heavy atom. The minimum atomic E-state index is -0.247. The Morgan fingerprint density at radius 2 is 1.88 bits per heavy atom. The number of fused-ring (bicyclic) bond motifs is 1. The maximum absolute atomic E-state index is 12.2. The van der Waals surface area contributed by atoms with Gasteiger partial charge in [0.2, 0.25) is 5.91 Å². The van der Waals surface area contributed by atoms with Crippen LogP contribution >= 0.6 is 0 Å². The molecular weight excluding hydrogens is 316 g/mol. The van der Waals surface area contributed by atoms with Crippen molar-refractivity contribution in [1.82, 2.24) is 5.32 Å². The third kappa shape index (κ3) is 4.18. The van der Waals surface area contributed by atoms with Crippen LogP contribution in [0.2, 0.25) is 0 Å². The highest BCUT2D eigenvalue weighted by molar-refractivity contribution is 5.97. The minimum Gasteiger partial charge on any atom is -0.496 e. The summed E-state index contributed by atoms with van der Waals surface area (Å²) in [5, 5.41) is 5.65. The Labute approximate surface area is 147 Å². The van der Waals surface area contributed by atoms with E-state index in [1.54, 1.807) is 24.3 Å². The fourth-order valence-corrected chi connectivity index (χ4v) is 3.09. The van der Waals surface area contributed by atoms with Crippen LogP contribution in [0.25, 0.3) is 0 Å². The first kappa shape index (κ1) is 17.0. The number of carbonyl (C=O) groups is 2. The third-order valence-electron chi connectivity index (χ3n) is 4.37.